The second-order valence-corrected chi connectivity index (χ2v) is 6.79. The van der Waals surface area contributed by atoms with E-state index in [2.05, 4.69) is 0 Å². The Kier molecular flexibility index (Phi) is 6.72. The highest BCUT2D eigenvalue weighted by atomic mass is 16.5. The molecule has 1 aliphatic rings. The largest absolute Gasteiger partial charge is 0.497 e. The van der Waals surface area contributed by atoms with Crippen molar-refractivity contribution < 1.29 is 19.4 Å². The molecule has 0 bridgehead atoms. The third kappa shape index (κ3) is 4.68. The fourth-order valence-corrected chi connectivity index (χ4v) is 3.45. The average Bonchev–Trinajstić information content (AvgIpc) is 3.13. The fourth-order valence-electron chi connectivity index (χ4n) is 3.45. The summed E-state index contributed by atoms with van der Waals surface area (Å²) in [6, 6.07) is 10.4. The van der Waals surface area contributed by atoms with Gasteiger partial charge in [0.25, 0.3) is 5.56 Å². The van der Waals surface area contributed by atoms with Crippen LogP contribution in [0.1, 0.15) is 25.3 Å². The van der Waals surface area contributed by atoms with Gasteiger partial charge < -0.3 is 24.0 Å². The third-order valence-corrected chi connectivity index (χ3v) is 5.01. The summed E-state index contributed by atoms with van der Waals surface area (Å²) in [6.45, 7) is 2.43. The van der Waals surface area contributed by atoms with Crippen molar-refractivity contribution in [2.24, 2.45) is 0 Å². The number of aliphatic hydroxyl groups is 1. The second-order valence-electron chi connectivity index (χ2n) is 6.79. The zero-order valence-electron chi connectivity index (χ0n) is 16.7. The van der Waals surface area contributed by atoms with Crippen LogP contribution >= 0.6 is 0 Å². The summed E-state index contributed by atoms with van der Waals surface area (Å²) < 4.78 is 12.6. The van der Waals surface area contributed by atoms with E-state index in [9.17, 15) is 14.7 Å². The Labute approximate surface area is 169 Å². The molecule has 1 aromatic carbocycles. The van der Waals surface area contributed by atoms with Crippen LogP contribution in [0.4, 0.5) is 5.69 Å². The van der Waals surface area contributed by atoms with Gasteiger partial charge in [0, 0.05) is 24.2 Å². The van der Waals surface area contributed by atoms with Crippen LogP contribution in [-0.4, -0.2) is 41.9 Å². The molecular weight excluding hydrogens is 372 g/mol. The minimum Gasteiger partial charge on any atom is -0.497 e. The maximum atomic E-state index is 12.2. The van der Waals surface area contributed by atoms with Gasteiger partial charge in [0.15, 0.2) is 0 Å². The van der Waals surface area contributed by atoms with Crippen molar-refractivity contribution >= 4 is 17.4 Å². The quantitative estimate of drug-likeness (QED) is 0.691. The molecule has 154 valence electrons. The number of pyridine rings is 1. The highest BCUT2D eigenvalue weighted by molar-refractivity contribution is 5.96. The number of carbonyl (C=O) groups excluding carboxylic acids is 1. The first kappa shape index (κ1) is 20.7. The minimum atomic E-state index is -0.241. The number of rotatable bonds is 8. The number of hydrogen-bond acceptors (Lipinski definition) is 5. The van der Waals surface area contributed by atoms with Crippen LogP contribution in [0.3, 0.4) is 0 Å². The predicted octanol–water partition coefficient (Wildman–Crippen LogP) is 2.42. The topological polar surface area (TPSA) is 81.0 Å². The molecule has 0 radical (unpaired) electrons. The standard InChI is InChI=1S/C22H26N2O5/c1-3-20(16-4-8-19(28-2)9-5-16)29-13-12-23-14-17(6-10-21(23)26)24-18(15-25)7-11-22(24)27/h3-6,8-10,14,18,25H,7,11-13,15H2,1-2H3/b20-3+. The lowest BCUT2D eigenvalue weighted by Crippen LogP contribution is -2.36. The van der Waals surface area contributed by atoms with Gasteiger partial charge >= 0.3 is 0 Å². The first-order valence-electron chi connectivity index (χ1n) is 9.64. The number of anilines is 1. The number of benzene rings is 1. The smallest absolute Gasteiger partial charge is 0.250 e. The van der Waals surface area contributed by atoms with E-state index in [0.29, 0.717) is 37.4 Å². The molecule has 1 saturated heterocycles. The Morgan fingerprint density at radius 2 is 1.97 bits per heavy atom. The molecule has 1 amide bonds. The number of methoxy groups -OCH3 is 1. The summed E-state index contributed by atoms with van der Waals surface area (Å²) in [6.07, 6.45) is 4.54. The van der Waals surface area contributed by atoms with E-state index in [1.165, 1.54) is 10.6 Å². The number of hydrogen-bond donors (Lipinski definition) is 1. The third-order valence-electron chi connectivity index (χ3n) is 5.01. The maximum Gasteiger partial charge on any atom is 0.250 e. The van der Waals surface area contributed by atoms with E-state index in [4.69, 9.17) is 9.47 Å². The summed E-state index contributed by atoms with van der Waals surface area (Å²) in [5, 5.41) is 9.51. The van der Waals surface area contributed by atoms with Gasteiger partial charge in [-0.05, 0) is 49.8 Å². The van der Waals surface area contributed by atoms with Crippen molar-refractivity contribution in [2.45, 2.75) is 32.4 Å². The molecule has 29 heavy (non-hydrogen) atoms. The zero-order chi connectivity index (χ0) is 20.8. The van der Waals surface area contributed by atoms with Crippen molar-refractivity contribution in [1.29, 1.82) is 0 Å². The van der Waals surface area contributed by atoms with E-state index >= 15 is 0 Å². The zero-order valence-corrected chi connectivity index (χ0v) is 16.7. The van der Waals surface area contributed by atoms with Crippen molar-refractivity contribution in [3.8, 4) is 5.75 Å². The summed E-state index contributed by atoms with van der Waals surface area (Å²) in [7, 11) is 1.62. The summed E-state index contributed by atoms with van der Waals surface area (Å²) in [4.78, 5) is 26.0. The van der Waals surface area contributed by atoms with Crippen molar-refractivity contribution in [2.75, 3.05) is 25.2 Å². The molecule has 2 heterocycles. The van der Waals surface area contributed by atoms with Gasteiger partial charge in [-0.15, -0.1) is 0 Å². The van der Waals surface area contributed by atoms with Crippen LogP contribution in [0, 0.1) is 0 Å². The molecule has 1 unspecified atom stereocenters. The lowest BCUT2D eigenvalue weighted by Gasteiger charge is -2.24. The number of allylic oxidation sites excluding steroid dienone is 1. The molecule has 1 fully saturated rings. The molecular formula is C22H26N2O5. The van der Waals surface area contributed by atoms with E-state index in [1.54, 1.807) is 24.3 Å². The Bertz CT molecular complexity index is 933. The molecule has 2 aromatic rings. The monoisotopic (exact) mass is 398 g/mol. The van der Waals surface area contributed by atoms with Crippen molar-refractivity contribution in [3.05, 3.63) is 64.6 Å². The van der Waals surface area contributed by atoms with Gasteiger partial charge in [0.1, 0.15) is 18.1 Å². The molecule has 0 saturated carbocycles. The van der Waals surface area contributed by atoms with Gasteiger partial charge in [0.2, 0.25) is 5.91 Å². The number of carbonyl (C=O) groups is 1. The number of aromatic nitrogens is 1. The Morgan fingerprint density at radius 1 is 1.21 bits per heavy atom. The van der Waals surface area contributed by atoms with Gasteiger partial charge in [-0.3, -0.25) is 9.59 Å². The molecule has 1 aliphatic heterocycles. The number of aliphatic hydroxyl groups excluding tert-OH is 1. The first-order valence-corrected chi connectivity index (χ1v) is 9.64. The van der Waals surface area contributed by atoms with Gasteiger partial charge in [-0.2, -0.15) is 0 Å². The molecule has 0 aliphatic carbocycles. The van der Waals surface area contributed by atoms with Crippen molar-refractivity contribution in [1.82, 2.24) is 4.57 Å². The summed E-state index contributed by atoms with van der Waals surface area (Å²) in [5.41, 5.74) is 1.37. The van der Waals surface area contributed by atoms with E-state index in [1.807, 2.05) is 37.3 Å². The normalized spacial score (nSPS) is 16.9. The van der Waals surface area contributed by atoms with Crippen LogP contribution in [0.25, 0.3) is 5.76 Å². The maximum absolute atomic E-state index is 12.2. The number of nitrogens with zero attached hydrogens (tertiary/aromatic N) is 2. The van der Waals surface area contributed by atoms with E-state index in [0.717, 1.165) is 11.3 Å². The lowest BCUT2D eigenvalue weighted by molar-refractivity contribution is -0.117. The fraction of sp³-hybridized carbons (Fsp3) is 0.364. The predicted molar refractivity (Wildman–Crippen MR) is 111 cm³/mol. The van der Waals surface area contributed by atoms with E-state index < -0.39 is 0 Å². The van der Waals surface area contributed by atoms with Crippen molar-refractivity contribution in [3.63, 3.8) is 0 Å². The molecule has 1 aromatic heterocycles. The highest BCUT2D eigenvalue weighted by Crippen LogP contribution is 2.25. The molecule has 7 heteroatoms. The summed E-state index contributed by atoms with van der Waals surface area (Å²) in [5.74, 6) is 1.44. The summed E-state index contributed by atoms with van der Waals surface area (Å²) >= 11 is 0. The van der Waals surface area contributed by atoms with E-state index in [-0.39, 0.29) is 24.1 Å². The molecule has 1 N–H and O–H groups in total. The van der Waals surface area contributed by atoms with Crippen LogP contribution in [0.2, 0.25) is 0 Å². The SMILES string of the molecule is C/C=C(/OCCn1cc(N2C(=O)CCC2CO)ccc1=O)c1ccc(OC)cc1. The second kappa shape index (κ2) is 9.43. The van der Waals surface area contributed by atoms with Crippen LogP contribution in [0.15, 0.2) is 53.5 Å². The molecule has 0 spiro atoms. The van der Waals surface area contributed by atoms with Crippen LogP contribution in [0.5, 0.6) is 5.75 Å². The van der Waals surface area contributed by atoms with Crippen LogP contribution < -0.4 is 15.2 Å². The van der Waals surface area contributed by atoms with Gasteiger partial charge in [-0.1, -0.05) is 0 Å². The number of amides is 1. The minimum absolute atomic E-state index is 0.0405. The molecule has 7 nitrogen and oxygen atoms in total. The lowest BCUT2D eigenvalue weighted by atomic mass is 10.2. The first-order chi connectivity index (χ1) is 14.1. The average molecular weight is 398 g/mol. The highest BCUT2D eigenvalue weighted by Gasteiger charge is 2.31. The Morgan fingerprint density at radius 3 is 2.62 bits per heavy atom. The van der Waals surface area contributed by atoms with Crippen LogP contribution in [-0.2, 0) is 16.1 Å². The van der Waals surface area contributed by atoms with Gasteiger partial charge in [-0.25, -0.2) is 0 Å². The molecule has 1 atom stereocenters. The Balaban J connectivity index is 1.68. The van der Waals surface area contributed by atoms with Gasteiger partial charge in [0.05, 0.1) is 32.0 Å². The number of ether oxygens (including phenoxy) is 2. The molecule has 3 rings (SSSR count). The Hall–Kier alpha value is -3.06.